The van der Waals surface area contributed by atoms with E-state index in [9.17, 15) is 35.1 Å². The monoisotopic (exact) mass is 430 g/mol. The molecule has 1 nitrogen and oxygen atoms in total. The number of halogens is 8. The summed E-state index contributed by atoms with van der Waals surface area (Å²) in [6, 6.07) is 0.874. The van der Waals surface area contributed by atoms with Gasteiger partial charge in [-0.2, -0.15) is 0 Å². The quantitative estimate of drug-likeness (QED) is 0.304. The normalized spacial score (nSPS) is 12.6. The van der Waals surface area contributed by atoms with E-state index in [1.54, 1.807) is 0 Å². The topological polar surface area (TPSA) is 9.23 Å². The smallest absolute Gasteiger partial charge is 0.209 e. The van der Waals surface area contributed by atoms with E-state index in [2.05, 4.69) is 0 Å². The molecule has 0 aliphatic rings. The van der Waals surface area contributed by atoms with E-state index < -0.39 is 73.5 Å². The molecule has 11 heteroatoms. The van der Waals surface area contributed by atoms with Gasteiger partial charge in [0.25, 0.3) is 0 Å². The Balaban J connectivity index is 2.55. The summed E-state index contributed by atoms with van der Waals surface area (Å²) in [5, 5.41) is -1.16. The molecule has 0 bridgehead atoms. The summed E-state index contributed by atoms with van der Waals surface area (Å²) < 4.78 is 114. The highest BCUT2D eigenvalue weighted by molar-refractivity contribution is 6.96. The lowest BCUT2D eigenvalue weighted by Crippen LogP contribution is -2.59. The van der Waals surface area contributed by atoms with Gasteiger partial charge in [-0.05, 0) is 38.3 Å². The molecule has 0 saturated heterocycles. The Kier molecular flexibility index (Phi) is 5.61. The third kappa shape index (κ3) is 3.80. The molecule has 0 aromatic heterocycles. The average Bonchev–Trinajstić information content (AvgIpc) is 2.56. The highest BCUT2D eigenvalue weighted by Gasteiger charge is 2.41. The Hall–Kier alpha value is -1.73. The minimum Gasteiger partial charge on any atom is -0.449 e. The zero-order valence-corrected chi connectivity index (χ0v) is 16.6. The zero-order valence-electron chi connectivity index (χ0n) is 14.6. The number of rotatable bonds is 4. The molecular formula is C16H14F8OSi2. The zero-order chi connectivity index (χ0) is 20.9. The second-order valence-corrected chi connectivity index (χ2v) is 14.8. The van der Waals surface area contributed by atoms with Crippen LogP contribution in [0.5, 0.6) is 0 Å². The first-order valence-corrected chi connectivity index (χ1v) is 13.4. The van der Waals surface area contributed by atoms with Crippen LogP contribution in [0.15, 0.2) is 12.1 Å². The lowest BCUT2D eigenvalue weighted by atomic mass is 10.3. The molecule has 0 atom stereocenters. The molecule has 0 spiro atoms. The summed E-state index contributed by atoms with van der Waals surface area (Å²) in [6.45, 7) is 5.19. The molecule has 2 aromatic rings. The Morgan fingerprint density at radius 1 is 0.519 bits per heavy atom. The van der Waals surface area contributed by atoms with Crippen molar-refractivity contribution in [2.45, 2.75) is 26.2 Å². The molecule has 0 aliphatic heterocycles. The third-order valence-corrected chi connectivity index (χ3v) is 11.4. The molecule has 0 radical (unpaired) electrons. The SMILES string of the molecule is C[Si](C)(O[Si](C)(C)c1cc(F)c(F)c(F)c1F)c1cc(F)c(F)c(F)c1F. The fourth-order valence-corrected chi connectivity index (χ4v) is 11.0. The number of hydrogen-bond acceptors (Lipinski definition) is 1. The van der Waals surface area contributed by atoms with E-state index in [0.717, 1.165) is 0 Å². The van der Waals surface area contributed by atoms with Gasteiger partial charge in [-0.1, -0.05) is 0 Å². The molecule has 2 rings (SSSR count). The Labute approximate surface area is 151 Å². The largest absolute Gasteiger partial charge is 0.449 e. The summed E-state index contributed by atoms with van der Waals surface area (Å²) >= 11 is 0. The molecule has 0 saturated carbocycles. The van der Waals surface area contributed by atoms with Crippen molar-refractivity contribution >= 4 is 27.0 Å². The van der Waals surface area contributed by atoms with E-state index in [4.69, 9.17) is 4.12 Å². The average molecular weight is 430 g/mol. The van der Waals surface area contributed by atoms with Gasteiger partial charge < -0.3 is 4.12 Å². The Bertz CT molecular complexity index is 841. The third-order valence-electron chi connectivity index (χ3n) is 4.01. The summed E-state index contributed by atoms with van der Waals surface area (Å²) in [5.74, 6) is -14.6. The van der Waals surface area contributed by atoms with Gasteiger partial charge in [0, 0.05) is 10.4 Å². The molecular weight excluding hydrogens is 416 g/mol. The van der Waals surface area contributed by atoms with Crippen LogP contribution in [0.4, 0.5) is 35.1 Å². The van der Waals surface area contributed by atoms with E-state index in [1.165, 1.54) is 26.2 Å². The fourth-order valence-electron chi connectivity index (χ4n) is 2.77. The Morgan fingerprint density at radius 3 is 1.11 bits per heavy atom. The molecule has 2 aromatic carbocycles. The second-order valence-electron chi connectivity index (χ2n) is 6.82. The maximum atomic E-state index is 14.1. The maximum absolute atomic E-state index is 14.1. The predicted octanol–water partition coefficient (Wildman–Crippen LogP) is 4.34. The minimum absolute atomic E-state index is 0.437. The van der Waals surface area contributed by atoms with Crippen molar-refractivity contribution in [1.82, 2.24) is 0 Å². The highest BCUT2D eigenvalue weighted by Crippen LogP contribution is 2.22. The van der Waals surface area contributed by atoms with E-state index in [1.807, 2.05) is 0 Å². The van der Waals surface area contributed by atoms with Crippen LogP contribution >= 0.6 is 0 Å². The van der Waals surface area contributed by atoms with Crippen LogP contribution in [0.1, 0.15) is 0 Å². The van der Waals surface area contributed by atoms with Crippen LogP contribution in [0.25, 0.3) is 0 Å². The van der Waals surface area contributed by atoms with Gasteiger partial charge in [0.1, 0.15) is 0 Å². The van der Waals surface area contributed by atoms with Gasteiger partial charge in [0.2, 0.25) is 16.6 Å². The van der Waals surface area contributed by atoms with Gasteiger partial charge in [0.15, 0.2) is 46.5 Å². The standard InChI is InChI=1S/C16H14F8OSi2/c1-26(2,9-5-7(17)11(19)15(23)13(9)21)25-27(3,4)10-6-8(18)12(20)16(24)14(10)22/h5-6H,1-4H3. The van der Waals surface area contributed by atoms with Gasteiger partial charge in [-0.3, -0.25) is 0 Å². The van der Waals surface area contributed by atoms with Gasteiger partial charge in [-0.25, -0.2) is 35.1 Å². The van der Waals surface area contributed by atoms with Crippen molar-refractivity contribution in [1.29, 1.82) is 0 Å². The summed E-state index contributed by atoms with van der Waals surface area (Å²) in [6.07, 6.45) is 0. The van der Waals surface area contributed by atoms with Crippen LogP contribution in [-0.4, -0.2) is 16.6 Å². The molecule has 0 N–H and O–H groups in total. The van der Waals surface area contributed by atoms with Crippen LogP contribution in [0.2, 0.25) is 26.2 Å². The van der Waals surface area contributed by atoms with Crippen molar-refractivity contribution in [2.24, 2.45) is 0 Å². The summed E-state index contributed by atoms with van der Waals surface area (Å²) in [5.41, 5.74) is 0. The molecule has 0 amide bonds. The second kappa shape index (κ2) is 7.02. The van der Waals surface area contributed by atoms with Gasteiger partial charge >= 0.3 is 0 Å². The van der Waals surface area contributed by atoms with E-state index >= 15 is 0 Å². The molecule has 0 fully saturated rings. The van der Waals surface area contributed by atoms with Crippen molar-refractivity contribution < 1.29 is 39.2 Å². The first kappa shape index (κ1) is 21.6. The van der Waals surface area contributed by atoms with Crippen LogP contribution in [0.3, 0.4) is 0 Å². The van der Waals surface area contributed by atoms with Crippen LogP contribution in [-0.2, 0) is 4.12 Å². The summed E-state index contributed by atoms with van der Waals surface area (Å²) in [7, 11) is -7.13. The molecule has 148 valence electrons. The first-order valence-electron chi connectivity index (χ1n) is 7.57. The highest BCUT2D eigenvalue weighted by atomic mass is 28.4. The maximum Gasteiger partial charge on any atom is 0.209 e. The number of benzene rings is 2. The van der Waals surface area contributed by atoms with Crippen molar-refractivity contribution in [2.75, 3.05) is 0 Å². The lowest BCUT2D eigenvalue weighted by molar-refractivity contribution is 0.409. The minimum atomic E-state index is -3.56. The first-order chi connectivity index (χ1) is 12.2. The van der Waals surface area contributed by atoms with Gasteiger partial charge in [0.05, 0.1) is 0 Å². The van der Waals surface area contributed by atoms with Crippen molar-refractivity contribution in [3.05, 3.63) is 58.7 Å². The van der Waals surface area contributed by atoms with Crippen molar-refractivity contribution in [3.63, 3.8) is 0 Å². The summed E-state index contributed by atoms with van der Waals surface area (Å²) in [4.78, 5) is 0. The lowest BCUT2D eigenvalue weighted by Gasteiger charge is -2.35. The number of hydrogen-bond donors (Lipinski definition) is 0. The Morgan fingerprint density at radius 2 is 0.815 bits per heavy atom. The predicted molar refractivity (Wildman–Crippen MR) is 87.9 cm³/mol. The molecule has 0 heterocycles. The molecule has 27 heavy (non-hydrogen) atoms. The fraction of sp³-hybridized carbons (Fsp3) is 0.250. The molecule has 0 unspecified atom stereocenters. The van der Waals surface area contributed by atoms with Crippen LogP contribution < -0.4 is 10.4 Å². The van der Waals surface area contributed by atoms with Gasteiger partial charge in [-0.15, -0.1) is 0 Å². The van der Waals surface area contributed by atoms with E-state index in [0.29, 0.717) is 12.1 Å². The molecule has 0 aliphatic carbocycles. The van der Waals surface area contributed by atoms with Crippen molar-refractivity contribution in [3.8, 4) is 0 Å². The van der Waals surface area contributed by atoms with E-state index in [-0.39, 0.29) is 0 Å². The van der Waals surface area contributed by atoms with Crippen LogP contribution in [0, 0.1) is 46.5 Å².